The van der Waals surface area contributed by atoms with Gasteiger partial charge in [-0.1, -0.05) is 5.16 Å². The summed E-state index contributed by atoms with van der Waals surface area (Å²) in [5.41, 5.74) is 2.00. The molecule has 39 heavy (non-hydrogen) atoms. The molecule has 0 aromatic carbocycles. The van der Waals surface area contributed by atoms with E-state index in [1.54, 1.807) is 29.9 Å². The van der Waals surface area contributed by atoms with Crippen molar-refractivity contribution >= 4 is 17.5 Å². The predicted octanol–water partition coefficient (Wildman–Crippen LogP) is 4.03. The van der Waals surface area contributed by atoms with Gasteiger partial charge in [-0.25, -0.2) is 27.3 Å². The Hall–Kier alpha value is -3.51. The van der Waals surface area contributed by atoms with E-state index < -0.39 is 30.0 Å². The molecule has 3 aliphatic rings. The Morgan fingerprint density at radius 1 is 1.03 bits per heavy atom. The summed E-state index contributed by atoms with van der Waals surface area (Å²) in [7, 11) is 0. The Bertz CT molecular complexity index is 1370. The zero-order valence-electron chi connectivity index (χ0n) is 21.4. The lowest BCUT2D eigenvalue weighted by Crippen LogP contribution is -2.37. The number of aromatic nitrogens is 5. The third kappa shape index (κ3) is 5.48. The molecule has 3 aliphatic carbocycles. The summed E-state index contributed by atoms with van der Waals surface area (Å²) in [4.78, 5) is 30.2. The van der Waals surface area contributed by atoms with Gasteiger partial charge in [0.25, 0.3) is 11.8 Å². The molecule has 0 bridgehead atoms. The highest BCUT2D eigenvalue weighted by molar-refractivity contribution is 5.93. The van der Waals surface area contributed by atoms with E-state index in [4.69, 9.17) is 4.98 Å². The summed E-state index contributed by atoms with van der Waals surface area (Å²) in [5.74, 6) is -4.12. The van der Waals surface area contributed by atoms with E-state index in [9.17, 15) is 22.8 Å². The van der Waals surface area contributed by atoms with Crippen LogP contribution in [0.3, 0.4) is 0 Å². The molecule has 2 amide bonds. The molecule has 3 heterocycles. The van der Waals surface area contributed by atoms with Crippen molar-refractivity contribution in [2.75, 3.05) is 0 Å². The second-order valence-electron chi connectivity index (χ2n) is 11.2. The fourth-order valence-electron chi connectivity index (χ4n) is 5.44. The topological polar surface area (TPSA) is 127 Å². The first-order valence-corrected chi connectivity index (χ1v) is 13.5. The number of nitrogens with one attached hydrogen (secondary N) is 2. The molecule has 0 aliphatic heterocycles. The minimum Gasteiger partial charge on any atom is -0.346 e. The largest absolute Gasteiger partial charge is 0.346 e. The van der Waals surface area contributed by atoms with Gasteiger partial charge in [-0.05, 0) is 80.0 Å². The smallest absolute Gasteiger partial charge is 0.276 e. The SMILES string of the molecule is Cc1nonc1C(=O)N[C@H](c1cn2ncc([C@H](NC(=O)[C@@H](F)C3CC3)C3CC3)cc2n1)C1CCC(F)(F)CC1. The van der Waals surface area contributed by atoms with Gasteiger partial charge in [0.2, 0.25) is 5.92 Å². The van der Waals surface area contributed by atoms with Gasteiger partial charge in [-0.3, -0.25) is 9.59 Å². The summed E-state index contributed by atoms with van der Waals surface area (Å²) < 4.78 is 48.5. The number of hydrogen-bond donors (Lipinski definition) is 2. The summed E-state index contributed by atoms with van der Waals surface area (Å²) >= 11 is 0. The Morgan fingerprint density at radius 2 is 1.72 bits per heavy atom. The van der Waals surface area contributed by atoms with E-state index in [0.29, 0.717) is 17.0 Å². The Kier molecular flexibility index (Phi) is 6.54. The predicted molar refractivity (Wildman–Crippen MR) is 130 cm³/mol. The van der Waals surface area contributed by atoms with Crippen molar-refractivity contribution in [1.82, 2.24) is 35.5 Å². The van der Waals surface area contributed by atoms with Gasteiger partial charge in [0.05, 0.1) is 30.2 Å². The maximum Gasteiger partial charge on any atom is 0.276 e. The molecular formula is C26H30F3N7O3. The van der Waals surface area contributed by atoms with Crippen molar-refractivity contribution in [2.45, 2.75) is 82.5 Å². The number of carbonyl (C=O) groups is 2. The molecular weight excluding hydrogens is 515 g/mol. The van der Waals surface area contributed by atoms with Crippen molar-refractivity contribution in [1.29, 1.82) is 0 Å². The van der Waals surface area contributed by atoms with Gasteiger partial charge in [-0.2, -0.15) is 5.10 Å². The summed E-state index contributed by atoms with van der Waals surface area (Å²) in [6.45, 7) is 1.59. The van der Waals surface area contributed by atoms with Crippen LogP contribution in [-0.4, -0.2) is 48.8 Å². The Balaban J connectivity index is 1.27. The number of alkyl halides is 3. The molecule has 3 saturated carbocycles. The number of aryl methyl sites for hydroxylation is 1. The summed E-state index contributed by atoms with van der Waals surface area (Å²) in [6.07, 6.45) is 4.98. The van der Waals surface area contributed by atoms with Crippen LogP contribution in [0, 0.1) is 24.7 Å². The number of halogens is 3. The van der Waals surface area contributed by atoms with Crippen LogP contribution in [0.15, 0.2) is 23.1 Å². The van der Waals surface area contributed by atoms with Crippen LogP contribution < -0.4 is 10.6 Å². The molecule has 0 unspecified atom stereocenters. The lowest BCUT2D eigenvalue weighted by molar-refractivity contribution is -0.127. The molecule has 3 fully saturated rings. The van der Waals surface area contributed by atoms with E-state index in [-0.39, 0.29) is 55.2 Å². The molecule has 208 valence electrons. The fourth-order valence-corrected chi connectivity index (χ4v) is 5.44. The average Bonchev–Trinajstić information content (AvgIpc) is 3.84. The molecule has 0 spiro atoms. The average molecular weight is 546 g/mol. The van der Waals surface area contributed by atoms with Crippen LogP contribution in [-0.2, 0) is 4.79 Å². The molecule has 6 rings (SSSR count). The first-order valence-electron chi connectivity index (χ1n) is 13.5. The Labute approximate surface area is 222 Å². The van der Waals surface area contributed by atoms with Crippen LogP contribution in [0.1, 0.15) is 90.9 Å². The van der Waals surface area contributed by atoms with Gasteiger partial charge >= 0.3 is 0 Å². The number of nitrogens with zero attached hydrogens (tertiary/aromatic N) is 5. The maximum absolute atomic E-state index is 14.4. The zero-order chi connectivity index (χ0) is 27.3. The maximum atomic E-state index is 14.4. The number of imidazole rings is 1. The van der Waals surface area contributed by atoms with Gasteiger partial charge in [0, 0.05) is 12.8 Å². The van der Waals surface area contributed by atoms with Crippen LogP contribution in [0.4, 0.5) is 13.2 Å². The minimum absolute atomic E-state index is 0.0192. The normalized spacial score (nSPS) is 21.8. The van der Waals surface area contributed by atoms with Crippen LogP contribution in [0.2, 0.25) is 0 Å². The molecule has 10 nitrogen and oxygen atoms in total. The number of carbonyl (C=O) groups excluding carboxylic acids is 2. The molecule has 2 N–H and O–H groups in total. The fraction of sp³-hybridized carbons (Fsp3) is 0.615. The highest BCUT2D eigenvalue weighted by Gasteiger charge is 2.41. The first-order chi connectivity index (χ1) is 18.7. The van der Waals surface area contributed by atoms with E-state index in [1.165, 1.54) is 0 Å². The summed E-state index contributed by atoms with van der Waals surface area (Å²) in [6, 6.07) is 0.759. The van der Waals surface area contributed by atoms with Crippen molar-refractivity contribution in [3.63, 3.8) is 0 Å². The number of hydrogen-bond acceptors (Lipinski definition) is 7. The Morgan fingerprint density at radius 3 is 2.36 bits per heavy atom. The van der Waals surface area contributed by atoms with Gasteiger partial charge in [0.1, 0.15) is 5.69 Å². The highest BCUT2D eigenvalue weighted by Crippen LogP contribution is 2.43. The van der Waals surface area contributed by atoms with E-state index >= 15 is 0 Å². The molecule has 3 aromatic rings. The van der Waals surface area contributed by atoms with Gasteiger partial charge < -0.3 is 10.6 Å². The second-order valence-corrected chi connectivity index (χ2v) is 11.2. The van der Waals surface area contributed by atoms with E-state index in [0.717, 1.165) is 31.2 Å². The van der Waals surface area contributed by atoms with E-state index in [1.807, 2.05) is 0 Å². The minimum atomic E-state index is -2.73. The standard InChI is InChI=1S/C26H30F3N7O3/c1-13-21(35-39-34-13)25(38)33-23(16-6-8-26(28,29)9-7-16)18-12-36-19(31-18)10-17(11-30-36)22(15-4-5-15)32-24(37)20(27)14-2-3-14/h10-12,14-16,20,22-23H,2-9H2,1H3,(H,32,37)(H,33,38)/t20-,22+,23-/m0/s1. The lowest BCUT2D eigenvalue weighted by atomic mass is 9.81. The van der Waals surface area contributed by atoms with Crippen LogP contribution in [0.5, 0.6) is 0 Å². The van der Waals surface area contributed by atoms with E-state index in [2.05, 4.69) is 30.7 Å². The zero-order valence-corrected chi connectivity index (χ0v) is 21.4. The van der Waals surface area contributed by atoms with Crippen molar-refractivity contribution in [3.05, 3.63) is 41.1 Å². The van der Waals surface area contributed by atoms with Crippen LogP contribution >= 0.6 is 0 Å². The number of rotatable bonds is 9. The van der Waals surface area contributed by atoms with Gasteiger partial charge in [-0.15, -0.1) is 0 Å². The van der Waals surface area contributed by atoms with Crippen LogP contribution in [0.25, 0.3) is 5.65 Å². The lowest BCUT2D eigenvalue weighted by Gasteiger charge is -2.33. The third-order valence-corrected chi connectivity index (χ3v) is 8.10. The van der Waals surface area contributed by atoms with Crippen molar-refractivity contribution in [3.8, 4) is 0 Å². The molecule has 3 aromatic heterocycles. The van der Waals surface area contributed by atoms with Gasteiger partial charge in [0.15, 0.2) is 17.5 Å². The molecule has 0 saturated heterocycles. The third-order valence-electron chi connectivity index (χ3n) is 8.10. The summed E-state index contributed by atoms with van der Waals surface area (Å²) in [5, 5.41) is 17.6. The number of amides is 2. The van der Waals surface area contributed by atoms with Crippen molar-refractivity contribution in [2.24, 2.45) is 17.8 Å². The molecule has 0 radical (unpaired) electrons. The molecule has 3 atom stereocenters. The quantitative estimate of drug-likeness (QED) is 0.416. The highest BCUT2D eigenvalue weighted by atomic mass is 19.3. The van der Waals surface area contributed by atoms with Crippen molar-refractivity contribution < 1.29 is 27.4 Å². The second kappa shape index (κ2) is 9.91. The number of fused-ring (bicyclic) bond motifs is 1. The molecule has 13 heteroatoms. The first kappa shape index (κ1) is 25.8. The monoisotopic (exact) mass is 545 g/mol.